The number of hydrogen-bond donors (Lipinski definition) is 1. The Hall–Kier alpha value is -1.06. The van der Waals surface area contributed by atoms with E-state index < -0.39 is 0 Å². The largest absolute Gasteiger partial charge is 0.496 e. The summed E-state index contributed by atoms with van der Waals surface area (Å²) in [5.74, 6) is 0.995. The van der Waals surface area contributed by atoms with Crippen LogP contribution in [0.2, 0.25) is 0 Å². The van der Waals surface area contributed by atoms with Gasteiger partial charge < -0.3 is 14.8 Å². The van der Waals surface area contributed by atoms with Crippen LogP contribution in [0, 0.1) is 0 Å². The second-order valence-corrected chi connectivity index (χ2v) is 5.63. The monoisotopic (exact) mass is 263 g/mol. The van der Waals surface area contributed by atoms with Crippen molar-refractivity contribution in [3.05, 3.63) is 29.8 Å². The third kappa shape index (κ3) is 3.28. The molecule has 1 N–H and O–H groups in total. The van der Waals surface area contributed by atoms with Crippen LogP contribution in [0.1, 0.15) is 32.3 Å². The van der Waals surface area contributed by atoms with Gasteiger partial charge in [-0.15, -0.1) is 0 Å². The summed E-state index contributed by atoms with van der Waals surface area (Å²) in [5.41, 5.74) is 1.45. The molecule has 0 unspecified atom stereocenters. The molecule has 0 spiro atoms. The van der Waals surface area contributed by atoms with Crippen molar-refractivity contribution >= 4 is 0 Å². The standard InChI is InChI=1S/C16H25NO2/c1-13(2)17-12-16(8-10-19-11-9-16)14-6-4-5-7-15(14)18-3/h4-7,13,17H,8-12H2,1-3H3. The molecule has 0 amide bonds. The Morgan fingerprint density at radius 3 is 2.58 bits per heavy atom. The van der Waals surface area contributed by atoms with E-state index in [2.05, 4.69) is 37.4 Å². The van der Waals surface area contributed by atoms with E-state index in [0.717, 1.165) is 38.3 Å². The van der Waals surface area contributed by atoms with Crippen molar-refractivity contribution in [1.29, 1.82) is 0 Å². The van der Waals surface area contributed by atoms with E-state index in [9.17, 15) is 0 Å². The first-order chi connectivity index (χ1) is 9.18. The highest BCUT2D eigenvalue weighted by molar-refractivity contribution is 5.40. The molecule has 3 heteroatoms. The van der Waals surface area contributed by atoms with Crippen molar-refractivity contribution < 1.29 is 9.47 Å². The zero-order valence-electron chi connectivity index (χ0n) is 12.2. The molecule has 0 radical (unpaired) electrons. The summed E-state index contributed by atoms with van der Waals surface area (Å²) in [6, 6.07) is 8.89. The summed E-state index contributed by atoms with van der Waals surface area (Å²) >= 11 is 0. The predicted octanol–water partition coefficient (Wildman–Crippen LogP) is 2.74. The Morgan fingerprint density at radius 1 is 1.26 bits per heavy atom. The van der Waals surface area contributed by atoms with E-state index in [0.29, 0.717) is 6.04 Å². The van der Waals surface area contributed by atoms with Gasteiger partial charge in [-0.3, -0.25) is 0 Å². The van der Waals surface area contributed by atoms with Gasteiger partial charge in [-0.05, 0) is 18.9 Å². The molecule has 1 aliphatic heterocycles. The molecule has 1 aromatic carbocycles. The van der Waals surface area contributed by atoms with E-state index >= 15 is 0 Å². The maximum absolute atomic E-state index is 5.56. The lowest BCUT2D eigenvalue weighted by Gasteiger charge is -2.39. The van der Waals surface area contributed by atoms with Gasteiger partial charge in [-0.1, -0.05) is 32.0 Å². The van der Waals surface area contributed by atoms with Gasteiger partial charge in [-0.25, -0.2) is 0 Å². The number of methoxy groups -OCH3 is 1. The smallest absolute Gasteiger partial charge is 0.122 e. The van der Waals surface area contributed by atoms with Crippen LogP contribution >= 0.6 is 0 Å². The van der Waals surface area contributed by atoms with E-state index in [-0.39, 0.29) is 5.41 Å². The first-order valence-corrected chi connectivity index (χ1v) is 7.12. The molecular weight excluding hydrogens is 238 g/mol. The van der Waals surface area contributed by atoms with Gasteiger partial charge >= 0.3 is 0 Å². The summed E-state index contributed by atoms with van der Waals surface area (Å²) in [6.07, 6.45) is 2.10. The molecule has 106 valence electrons. The van der Waals surface area contributed by atoms with Crippen LogP contribution in [0.5, 0.6) is 5.75 Å². The van der Waals surface area contributed by atoms with Crippen LogP contribution in [0.25, 0.3) is 0 Å². The van der Waals surface area contributed by atoms with Gasteiger partial charge in [0.15, 0.2) is 0 Å². The Kier molecular flexibility index (Phi) is 4.83. The molecule has 19 heavy (non-hydrogen) atoms. The molecule has 0 saturated carbocycles. The first-order valence-electron chi connectivity index (χ1n) is 7.12. The summed E-state index contributed by atoms with van der Waals surface area (Å²) in [7, 11) is 1.75. The van der Waals surface area contributed by atoms with E-state index in [1.807, 2.05) is 6.07 Å². The van der Waals surface area contributed by atoms with Crippen LogP contribution in [0.3, 0.4) is 0 Å². The SMILES string of the molecule is COc1ccccc1C1(CNC(C)C)CCOCC1. The van der Waals surface area contributed by atoms with Crippen molar-refractivity contribution in [2.75, 3.05) is 26.9 Å². The Balaban J connectivity index is 2.30. The number of ether oxygens (including phenoxy) is 2. The zero-order chi connectivity index (χ0) is 13.7. The summed E-state index contributed by atoms with van der Waals surface area (Å²) in [5, 5.41) is 3.59. The van der Waals surface area contributed by atoms with Crippen LogP contribution in [-0.4, -0.2) is 32.9 Å². The molecule has 1 aromatic rings. The minimum Gasteiger partial charge on any atom is -0.496 e. The topological polar surface area (TPSA) is 30.5 Å². The van der Waals surface area contributed by atoms with Crippen molar-refractivity contribution in [2.45, 2.75) is 38.1 Å². The second kappa shape index (κ2) is 6.40. The highest BCUT2D eigenvalue weighted by Crippen LogP contribution is 2.39. The molecule has 1 aliphatic rings. The van der Waals surface area contributed by atoms with E-state index in [1.165, 1.54) is 5.56 Å². The predicted molar refractivity (Wildman–Crippen MR) is 77.9 cm³/mol. The molecule has 0 atom stereocenters. The maximum Gasteiger partial charge on any atom is 0.122 e. The zero-order valence-corrected chi connectivity index (χ0v) is 12.2. The van der Waals surface area contributed by atoms with Gasteiger partial charge in [-0.2, -0.15) is 0 Å². The minimum absolute atomic E-state index is 0.134. The van der Waals surface area contributed by atoms with E-state index in [4.69, 9.17) is 9.47 Å². The molecule has 0 bridgehead atoms. The minimum atomic E-state index is 0.134. The number of hydrogen-bond acceptors (Lipinski definition) is 3. The normalized spacial score (nSPS) is 18.5. The Bertz CT molecular complexity index is 397. The molecule has 3 nitrogen and oxygen atoms in total. The number of nitrogens with one attached hydrogen (secondary N) is 1. The van der Waals surface area contributed by atoms with Gasteiger partial charge in [0.1, 0.15) is 5.75 Å². The fourth-order valence-corrected chi connectivity index (χ4v) is 2.79. The molecule has 1 heterocycles. The molecule has 0 aliphatic carbocycles. The number of para-hydroxylation sites is 1. The second-order valence-electron chi connectivity index (χ2n) is 5.63. The molecule has 1 saturated heterocycles. The lowest BCUT2D eigenvalue weighted by Crippen LogP contribution is -2.44. The highest BCUT2D eigenvalue weighted by atomic mass is 16.5. The third-order valence-electron chi connectivity index (χ3n) is 3.98. The third-order valence-corrected chi connectivity index (χ3v) is 3.98. The van der Waals surface area contributed by atoms with Gasteiger partial charge in [0.25, 0.3) is 0 Å². The van der Waals surface area contributed by atoms with Gasteiger partial charge in [0.05, 0.1) is 7.11 Å². The summed E-state index contributed by atoms with van der Waals surface area (Å²) in [4.78, 5) is 0. The fourth-order valence-electron chi connectivity index (χ4n) is 2.79. The number of rotatable bonds is 5. The molecule has 0 aromatic heterocycles. The van der Waals surface area contributed by atoms with Gasteiger partial charge in [0.2, 0.25) is 0 Å². The van der Waals surface area contributed by atoms with Crippen molar-refractivity contribution in [2.24, 2.45) is 0 Å². The average Bonchev–Trinajstić information content (AvgIpc) is 2.46. The summed E-state index contributed by atoms with van der Waals surface area (Å²) in [6.45, 7) is 7.02. The first kappa shape index (κ1) is 14.4. The van der Waals surface area contributed by atoms with Gasteiger partial charge in [0, 0.05) is 36.8 Å². The number of benzene rings is 1. The van der Waals surface area contributed by atoms with Crippen LogP contribution in [0.15, 0.2) is 24.3 Å². The van der Waals surface area contributed by atoms with Crippen molar-refractivity contribution in [3.8, 4) is 5.75 Å². The Labute approximate surface area is 116 Å². The lowest BCUT2D eigenvalue weighted by molar-refractivity contribution is 0.0484. The quantitative estimate of drug-likeness (QED) is 0.886. The van der Waals surface area contributed by atoms with Crippen molar-refractivity contribution in [1.82, 2.24) is 5.32 Å². The highest BCUT2D eigenvalue weighted by Gasteiger charge is 2.36. The molecule has 2 rings (SSSR count). The Morgan fingerprint density at radius 2 is 1.95 bits per heavy atom. The molecular formula is C16H25NO2. The molecule has 1 fully saturated rings. The van der Waals surface area contributed by atoms with Crippen LogP contribution in [-0.2, 0) is 10.2 Å². The van der Waals surface area contributed by atoms with Crippen LogP contribution in [0.4, 0.5) is 0 Å². The average molecular weight is 263 g/mol. The van der Waals surface area contributed by atoms with Crippen molar-refractivity contribution in [3.63, 3.8) is 0 Å². The lowest BCUT2D eigenvalue weighted by atomic mass is 9.73. The maximum atomic E-state index is 5.56. The van der Waals surface area contributed by atoms with E-state index in [1.54, 1.807) is 7.11 Å². The summed E-state index contributed by atoms with van der Waals surface area (Å²) < 4.78 is 11.1. The fraction of sp³-hybridized carbons (Fsp3) is 0.625. The van der Waals surface area contributed by atoms with Crippen LogP contribution < -0.4 is 10.1 Å².